The summed E-state index contributed by atoms with van der Waals surface area (Å²) in [4.78, 5) is 0. The van der Waals surface area contributed by atoms with Crippen molar-refractivity contribution in [2.24, 2.45) is 11.8 Å². The molecule has 0 nitrogen and oxygen atoms in total. The van der Waals surface area contributed by atoms with Gasteiger partial charge in [-0.05, 0) is 87.2 Å². The van der Waals surface area contributed by atoms with E-state index in [1.54, 1.807) is 22.3 Å². The summed E-state index contributed by atoms with van der Waals surface area (Å²) in [5.41, 5.74) is 6.99. The largest absolute Gasteiger partial charge is 1.00 e. The van der Waals surface area contributed by atoms with Gasteiger partial charge in [0.1, 0.15) is 0 Å². The minimum Gasteiger partial charge on any atom is -1.00 e. The molecule has 0 heterocycles. The zero-order valence-corrected chi connectivity index (χ0v) is 13.5. The second-order valence-electron chi connectivity index (χ2n) is 7.02. The van der Waals surface area contributed by atoms with E-state index in [-0.39, 0.29) is 20.3 Å². The van der Waals surface area contributed by atoms with Crippen molar-refractivity contribution in [3.8, 4) is 0 Å². The van der Waals surface area contributed by atoms with Gasteiger partial charge >= 0.3 is 18.9 Å². The zero-order chi connectivity index (χ0) is 13.4. The molecule has 0 amide bonds. The molecule has 0 spiro atoms. The van der Waals surface area contributed by atoms with Crippen molar-refractivity contribution in [1.29, 1.82) is 0 Å². The average molecular weight is 274 g/mol. The summed E-state index contributed by atoms with van der Waals surface area (Å²) in [7, 11) is 0. The molecule has 4 aliphatic carbocycles. The molecule has 0 aromatic carbocycles. The number of hydrogen-bond donors (Lipinski definition) is 0. The van der Waals surface area contributed by atoms with Gasteiger partial charge in [0.25, 0.3) is 0 Å². The molecule has 0 aliphatic heterocycles. The molecule has 21 heavy (non-hydrogen) atoms. The molecule has 0 radical (unpaired) electrons. The third-order valence-electron chi connectivity index (χ3n) is 5.85. The van der Waals surface area contributed by atoms with Crippen molar-refractivity contribution in [2.75, 3.05) is 0 Å². The van der Waals surface area contributed by atoms with Gasteiger partial charge in [-0.15, -0.1) is 0 Å². The van der Waals surface area contributed by atoms with Crippen LogP contribution in [0.2, 0.25) is 0 Å². The maximum atomic E-state index is 2.50. The van der Waals surface area contributed by atoms with Gasteiger partial charge in [0.2, 0.25) is 0 Å². The Labute approximate surface area is 143 Å². The Bertz CT molecular complexity index is 476. The van der Waals surface area contributed by atoms with Crippen LogP contribution in [-0.2, 0) is 0 Å². The zero-order valence-electron chi connectivity index (χ0n) is 14.5. The second kappa shape index (κ2) is 6.76. The summed E-state index contributed by atoms with van der Waals surface area (Å²) in [5, 5.41) is 0. The van der Waals surface area contributed by atoms with Crippen molar-refractivity contribution in [3.63, 3.8) is 0 Å². The van der Waals surface area contributed by atoms with Gasteiger partial charge in [-0.2, -0.15) is 0 Å². The summed E-state index contributed by atoms with van der Waals surface area (Å²) in [5.74, 6) is 1.57. The summed E-state index contributed by atoms with van der Waals surface area (Å²) >= 11 is 0. The van der Waals surface area contributed by atoms with Gasteiger partial charge in [0, 0.05) is 0 Å². The van der Waals surface area contributed by atoms with E-state index >= 15 is 0 Å². The summed E-state index contributed by atoms with van der Waals surface area (Å²) in [6.45, 7) is 0. The van der Waals surface area contributed by atoms with Gasteiger partial charge in [-0.3, -0.25) is 0 Å². The standard InChI is InChI=1S/C20H26.Li.H/c1-3-7-19-15(5-1)9-11-17(19)13-14-18-12-10-16-6-2-4-8-20(16)18;;/h9-12,17-18H,1-8,13-14H2;;/q;+1;-1. The van der Waals surface area contributed by atoms with Crippen molar-refractivity contribution in [3.05, 3.63) is 46.6 Å². The smallest absolute Gasteiger partial charge is 1.00 e. The summed E-state index contributed by atoms with van der Waals surface area (Å²) < 4.78 is 0. The first-order valence-electron chi connectivity index (χ1n) is 8.72. The third-order valence-corrected chi connectivity index (χ3v) is 5.85. The molecule has 1 heteroatoms. The fourth-order valence-electron chi connectivity index (χ4n) is 4.73. The Morgan fingerprint density at radius 2 is 1.14 bits per heavy atom. The predicted molar refractivity (Wildman–Crippen MR) is 86.6 cm³/mol. The van der Waals surface area contributed by atoms with Gasteiger partial charge in [0.15, 0.2) is 0 Å². The predicted octanol–water partition coefficient (Wildman–Crippen LogP) is 3.00. The van der Waals surface area contributed by atoms with Crippen LogP contribution < -0.4 is 18.9 Å². The molecule has 0 N–H and O–H groups in total. The molecule has 0 saturated carbocycles. The Morgan fingerprint density at radius 1 is 0.714 bits per heavy atom. The first-order valence-corrected chi connectivity index (χ1v) is 8.72. The van der Waals surface area contributed by atoms with Crippen molar-refractivity contribution < 1.29 is 20.3 Å². The molecule has 0 aromatic rings. The van der Waals surface area contributed by atoms with E-state index in [0.29, 0.717) is 0 Å². The van der Waals surface area contributed by atoms with E-state index in [9.17, 15) is 0 Å². The molecule has 4 aliphatic rings. The summed E-state index contributed by atoms with van der Waals surface area (Å²) in [6.07, 6.45) is 23.8. The topological polar surface area (TPSA) is 0 Å². The van der Waals surface area contributed by atoms with E-state index in [1.165, 1.54) is 64.2 Å². The van der Waals surface area contributed by atoms with E-state index in [2.05, 4.69) is 24.3 Å². The maximum Gasteiger partial charge on any atom is 1.00 e. The van der Waals surface area contributed by atoms with Gasteiger partial charge in [-0.1, -0.05) is 35.5 Å². The molecule has 2 atom stereocenters. The van der Waals surface area contributed by atoms with Gasteiger partial charge < -0.3 is 1.43 Å². The van der Waals surface area contributed by atoms with Crippen LogP contribution in [0.15, 0.2) is 46.6 Å². The number of hydrogen-bond acceptors (Lipinski definition) is 0. The monoisotopic (exact) mass is 274 g/mol. The van der Waals surface area contributed by atoms with Gasteiger partial charge in [-0.25, -0.2) is 0 Å². The van der Waals surface area contributed by atoms with Crippen LogP contribution in [-0.4, -0.2) is 0 Å². The van der Waals surface area contributed by atoms with E-state index in [4.69, 9.17) is 0 Å². The van der Waals surface area contributed by atoms with Crippen molar-refractivity contribution >= 4 is 0 Å². The molecule has 0 bridgehead atoms. The Morgan fingerprint density at radius 3 is 1.62 bits per heavy atom. The van der Waals surface area contributed by atoms with Gasteiger partial charge in [0.05, 0.1) is 0 Å². The maximum absolute atomic E-state index is 2.50. The molecule has 0 aromatic heterocycles. The minimum atomic E-state index is 0. The van der Waals surface area contributed by atoms with Crippen LogP contribution in [0.3, 0.4) is 0 Å². The molecular weight excluding hydrogens is 247 g/mol. The number of allylic oxidation sites excluding steroid dienone is 8. The molecule has 108 valence electrons. The molecule has 2 unspecified atom stereocenters. The van der Waals surface area contributed by atoms with Crippen LogP contribution in [0.5, 0.6) is 0 Å². The molecule has 0 saturated heterocycles. The number of rotatable bonds is 3. The first kappa shape index (κ1) is 15.5. The van der Waals surface area contributed by atoms with Crippen molar-refractivity contribution in [2.45, 2.75) is 64.2 Å². The van der Waals surface area contributed by atoms with Crippen LogP contribution in [0.4, 0.5) is 0 Å². The van der Waals surface area contributed by atoms with E-state index in [1.807, 2.05) is 0 Å². The fourth-order valence-corrected chi connectivity index (χ4v) is 4.73. The van der Waals surface area contributed by atoms with E-state index in [0.717, 1.165) is 11.8 Å². The quantitative estimate of drug-likeness (QED) is 0.694. The van der Waals surface area contributed by atoms with Crippen LogP contribution in [0.1, 0.15) is 65.6 Å². The average Bonchev–Trinajstić information content (AvgIpc) is 3.09. The van der Waals surface area contributed by atoms with Crippen LogP contribution >= 0.6 is 0 Å². The molecule has 4 rings (SSSR count). The Hall–Kier alpha value is -0.443. The Kier molecular flexibility index (Phi) is 4.98. The third kappa shape index (κ3) is 3.04. The van der Waals surface area contributed by atoms with Crippen LogP contribution in [0, 0.1) is 11.8 Å². The molecule has 0 fully saturated rings. The fraction of sp³-hybridized carbons (Fsp3) is 0.600. The Balaban J connectivity index is 0.000000882. The SMILES string of the molecule is C1=CC(CCC2C=CC3=C2CCCC3)C2=C1CCCC2.[H-].[Li+]. The van der Waals surface area contributed by atoms with Crippen LogP contribution in [0.25, 0.3) is 0 Å². The minimum absolute atomic E-state index is 0. The second-order valence-corrected chi connectivity index (χ2v) is 7.02. The first-order chi connectivity index (χ1) is 9.92. The normalized spacial score (nSPS) is 30.5. The van der Waals surface area contributed by atoms with Crippen molar-refractivity contribution in [1.82, 2.24) is 0 Å². The molecular formula is C20H27Li. The van der Waals surface area contributed by atoms with E-state index < -0.39 is 0 Å². The summed E-state index contributed by atoms with van der Waals surface area (Å²) in [6, 6.07) is 0.